The first-order valence-electron chi connectivity index (χ1n) is 2.76. The molecule has 0 aliphatic carbocycles. The molecule has 0 saturated carbocycles. The van der Waals surface area contributed by atoms with Crippen LogP contribution in [-0.4, -0.2) is 4.92 Å². The minimum absolute atomic E-state index is 0.137. The van der Waals surface area contributed by atoms with Crippen LogP contribution in [-0.2, 0) is 0 Å². The van der Waals surface area contributed by atoms with Crippen LogP contribution in [0.2, 0.25) is 0 Å². The standard InChI is InChI=1S/C6H5NO2.CHN/c8-7(9)6-4-2-1-3-5-6;1-2/h1-5H;1H. The molecule has 56 valence electrons. The van der Waals surface area contributed by atoms with E-state index in [0.29, 0.717) is 0 Å². The van der Waals surface area contributed by atoms with Crippen LogP contribution in [0.3, 0.4) is 0 Å². The van der Waals surface area contributed by atoms with E-state index < -0.39 is 4.92 Å². The van der Waals surface area contributed by atoms with Crippen LogP contribution in [0.25, 0.3) is 0 Å². The zero-order valence-electron chi connectivity index (χ0n) is 5.68. The van der Waals surface area contributed by atoms with Crippen molar-refractivity contribution in [2.45, 2.75) is 0 Å². The van der Waals surface area contributed by atoms with Crippen molar-refractivity contribution < 1.29 is 4.92 Å². The summed E-state index contributed by atoms with van der Waals surface area (Å²) in [6.07, 6.45) is 0. The average Bonchev–Trinajstić information content (AvgIpc) is 2.10. The molecule has 0 fully saturated rings. The Bertz CT molecular complexity index is 243. The van der Waals surface area contributed by atoms with Crippen molar-refractivity contribution in [3.05, 3.63) is 40.4 Å². The summed E-state index contributed by atoms with van der Waals surface area (Å²) < 4.78 is 0. The maximum atomic E-state index is 10.0. The third kappa shape index (κ3) is 2.96. The van der Waals surface area contributed by atoms with E-state index in [1.54, 1.807) is 18.2 Å². The minimum Gasteiger partial charge on any atom is -0.258 e. The topological polar surface area (TPSA) is 66.9 Å². The lowest BCUT2D eigenvalue weighted by molar-refractivity contribution is -0.384. The molecule has 0 radical (unpaired) electrons. The van der Waals surface area contributed by atoms with E-state index in [4.69, 9.17) is 5.26 Å². The molecule has 0 spiro atoms. The maximum absolute atomic E-state index is 10.0. The number of nitrogens with zero attached hydrogens (tertiary/aromatic N) is 2. The summed E-state index contributed by atoms with van der Waals surface area (Å²) >= 11 is 0. The highest BCUT2D eigenvalue weighted by Gasteiger charge is 1.98. The van der Waals surface area contributed by atoms with Gasteiger partial charge in [-0.05, 0) is 0 Å². The molecule has 0 amide bonds. The van der Waals surface area contributed by atoms with Gasteiger partial charge >= 0.3 is 0 Å². The summed E-state index contributed by atoms with van der Waals surface area (Å²) in [6.45, 7) is 3.50. The van der Waals surface area contributed by atoms with Gasteiger partial charge in [0.2, 0.25) is 0 Å². The molecule has 0 unspecified atom stereocenters. The van der Waals surface area contributed by atoms with Crippen molar-refractivity contribution in [3.63, 3.8) is 0 Å². The molecule has 0 heterocycles. The van der Waals surface area contributed by atoms with Crippen LogP contribution >= 0.6 is 0 Å². The highest BCUT2D eigenvalue weighted by Crippen LogP contribution is 2.06. The number of hydrogen-bond donors (Lipinski definition) is 0. The van der Waals surface area contributed by atoms with Gasteiger partial charge in [0, 0.05) is 18.7 Å². The highest BCUT2D eigenvalue weighted by atomic mass is 16.6. The van der Waals surface area contributed by atoms with Gasteiger partial charge in [-0.1, -0.05) is 18.2 Å². The van der Waals surface area contributed by atoms with E-state index in [2.05, 4.69) is 6.57 Å². The fourth-order valence-electron chi connectivity index (χ4n) is 0.550. The SMILES string of the molecule is C#N.O=[N+]([O-])c1ccccc1. The molecule has 0 aromatic heterocycles. The minimum atomic E-state index is -0.417. The van der Waals surface area contributed by atoms with E-state index in [1.807, 2.05) is 0 Å². The number of benzene rings is 1. The molecule has 0 aliphatic heterocycles. The van der Waals surface area contributed by atoms with Gasteiger partial charge in [0.1, 0.15) is 0 Å². The first-order chi connectivity index (χ1) is 5.30. The monoisotopic (exact) mass is 150 g/mol. The number of para-hydroxylation sites is 1. The Morgan fingerprint density at radius 3 is 2.00 bits per heavy atom. The molecule has 0 saturated heterocycles. The first kappa shape index (κ1) is 9.11. The van der Waals surface area contributed by atoms with Gasteiger partial charge in [0.15, 0.2) is 0 Å². The van der Waals surface area contributed by atoms with Gasteiger partial charge in [-0.3, -0.25) is 10.1 Å². The number of nitro groups is 1. The molecular weight excluding hydrogens is 144 g/mol. The number of rotatable bonds is 1. The Balaban J connectivity index is 0.000000461. The molecular formula is C7H6N2O2. The van der Waals surface area contributed by atoms with Crippen molar-refractivity contribution in [2.24, 2.45) is 0 Å². The lowest BCUT2D eigenvalue weighted by atomic mass is 10.3. The fourth-order valence-corrected chi connectivity index (χ4v) is 0.550. The van der Waals surface area contributed by atoms with Crippen molar-refractivity contribution in [1.29, 1.82) is 5.26 Å². The third-order valence-corrected chi connectivity index (χ3v) is 0.967. The normalized spacial score (nSPS) is 7.45. The van der Waals surface area contributed by atoms with Gasteiger partial charge < -0.3 is 0 Å². The summed E-state index contributed by atoms with van der Waals surface area (Å²) in [4.78, 5) is 9.59. The van der Waals surface area contributed by atoms with Gasteiger partial charge in [-0.2, -0.15) is 0 Å². The molecule has 1 aromatic carbocycles. The second-order valence-corrected chi connectivity index (χ2v) is 1.59. The first-order valence-corrected chi connectivity index (χ1v) is 2.76. The zero-order valence-corrected chi connectivity index (χ0v) is 5.68. The molecule has 1 rings (SSSR count). The molecule has 0 aliphatic rings. The quantitative estimate of drug-likeness (QED) is 0.452. The molecule has 11 heavy (non-hydrogen) atoms. The lowest BCUT2D eigenvalue weighted by Gasteiger charge is -1.85. The van der Waals surface area contributed by atoms with E-state index in [-0.39, 0.29) is 5.69 Å². The summed E-state index contributed by atoms with van der Waals surface area (Å²) in [7, 11) is 0. The van der Waals surface area contributed by atoms with Crippen molar-refractivity contribution in [3.8, 4) is 6.57 Å². The number of nitriles is 1. The second kappa shape index (κ2) is 4.94. The summed E-state index contributed by atoms with van der Waals surface area (Å²) in [5.41, 5.74) is 0.137. The fraction of sp³-hybridized carbons (Fsp3) is 0. The smallest absolute Gasteiger partial charge is 0.258 e. The van der Waals surface area contributed by atoms with Crippen LogP contribution in [0.4, 0.5) is 5.69 Å². The molecule has 0 N–H and O–H groups in total. The Hall–Kier alpha value is -1.89. The lowest BCUT2D eigenvalue weighted by Crippen LogP contribution is -1.84. The van der Waals surface area contributed by atoms with Crippen LogP contribution in [0.5, 0.6) is 0 Å². The molecule has 1 aromatic rings. The molecule has 0 atom stereocenters. The number of non-ortho nitro benzene ring substituents is 1. The van der Waals surface area contributed by atoms with Gasteiger partial charge in [0.05, 0.1) is 4.92 Å². The predicted molar refractivity (Wildman–Crippen MR) is 39.8 cm³/mol. The largest absolute Gasteiger partial charge is 0.269 e. The summed E-state index contributed by atoms with van der Waals surface area (Å²) in [5.74, 6) is 0. The summed E-state index contributed by atoms with van der Waals surface area (Å²) in [6, 6.07) is 7.93. The van der Waals surface area contributed by atoms with Crippen LogP contribution in [0, 0.1) is 21.9 Å². The van der Waals surface area contributed by atoms with Gasteiger partial charge in [-0.15, -0.1) is 0 Å². The van der Waals surface area contributed by atoms with Crippen molar-refractivity contribution in [2.75, 3.05) is 0 Å². The van der Waals surface area contributed by atoms with E-state index in [1.165, 1.54) is 12.1 Å². The summed E-state index contributed by atoms with van der Waals surface area (Å²) in [5, 5.41) is 16.5. The van der Waals surface area contributed by atoms with E-state index in [0.717, 1.165) is 0 Å². The molecule has 4 nitrogen and oxygen atoms in total. The Morgan fingerprint density at radius 2 is 1.73 bits per heavy atom. The highest BCUT2D eigenvalue weighted by molar-refractivity contribution is 5.27. The van der Waals surface area contributed by atoms with Gasteiger partial charge in [-0.25, -0.2) is 5.26 Å². The Morgan fingerprint density at radius 1 is 1.27 bits per heavy atom. The molecule has 4 heteroatoms. The Labute approximate surface area is 63.8 Å². The average molecular weight is 150 g/mol. The van der Waals surface area contributed by atoms with Crippen LogP contribution < -0.4 is 0 Å². The second-order valence-electron chi connectivity index (χ2n) is 1.59. The zero-order chi connectivity index (χ0) is 8.69. The van der Waals surface area contributed by atoms with Crippen molar-refractivity contribution in [1.82, 2.24) is 0 Å². The van der Waals surface area contributed by atoms with Crippen LogP contribution in [0.1, 0.15) is 0 Å². The third-order valence-electron chi connectivity index (χ3n) is 0.967. The van der Waals surface area contributed by atoms with Crippen molar-refractivity contribution >= 4 is 5.69 Å². The van der Waals surface area contributed by atoms with Crippen LogP contribution in [0.15, 0.2) is 30.3 Å². The number of hydrogen-bond acceptors (Lipinski definition) is 3. The number of nitro benzene ring substituents is 1. The maximum Gasteiger partial charge on any atom is 0.269 e. The predicted octanol–water partition coefficient (Wildman–Crippen LogP) is 1.73. The molecule has 0 bridgehead atoms. The van der Waals surface area contributed by atoms with E-state index >= 15 is 0 Å². The Kier molecular flexibility index (Phi) is 4.09. The van der Waals surface area contributed by atoms with E-state index in [9.17, 15) is 10.1 Å². The van der Waals surface area contributed by atoms with Gasteiger partial charge in [0.25, 0.3) is 5.69 Å².